The molecule has 0 saturated carbocycles. The molecule has 1 aliphatic heterocycles. The van der Waals surface area contributed by atoms with Crippen LogP contribution >= 0.6 is 0 Å². The zero-order valence-corrected chi connectivity index (χ0v) is 27.5. The maximum Gasteiger partial charge on any atom is 0.508 e. The van der Waals surface area contributed by atoms with E-state index in [9.17, 15) is 9.59 Å². The van der Waals surface area contributed by atoms with E-state index in [4.69, 9.17) is 18.9 Å². The first-order valence-corrected chi connectivity index (χ1v) is 16.5. The number of ether oxygens (including phenoxy) is 4. The minimum absolute atomic E-state index is 0.214. The summed E-state index contributed by atoms with van der Waals surface area (Å²) in [4.78, 5) is 23.3. The van der Waals surface area contributed by atoms with Gasteiger partial charge < -0.3 is 18.9 Å². The third kappa shape index (κ3) is 9.68. The Morgan fingerprint density at radius 1 is 0.870 bits per heavy atom. The molecule has 246 valence electrons. The summed E-state index contributed by atoms with van der Waals surface area (Å²) in [7, 11) is 0. The van der Waals surface area contributed by atoms with Gasteiger partial charge in [0.2, 0.25) is 0 Å². The summed E-state index contributed by atoms with van der Waals surface area (Å²) in [5, 5.41) is 0. The summed E-state index contributed by atoms with van der Waals surface area (Å²) >= 11 is 0. The SMILES string of the molecule is C=C(C)C(=O)OCCCc1cc(-c2ccc(-c3ccc(CCCCCCC)cc3)cc2F)ccc1OCC1(CC)COC(=O)OC1. The van der Waals surface area contributed by atoms with Crippen molar-refractivity contribution in [2.24, 2.45) is 5.41 Å². The fourth-order valence-corrected chi connectivity index (χ4v) is 5.49. The van der Waals surface area contributed by atoms with Crippen molar-refractivity contribution in [3.8, 4) is 28.0 Å². The number of hydrogen-bond donors (Lipinski definition) is 0. The van der Waals surface area contributed by atoms with Crippen LogP contribution in [0.2, 0.25) is 0 Å². The predicted octanol–water partition coefficient (Wildman–Crippen LogP) is 9.67. The van der Waals surface area contributed by atoms with Crippen molar-refractivity contribution in [1.82, 2.24) is 0 Å². The second kappa shape index (κ2) is 17.0. The first kappa shape index (κ1) is 34.7. The molecule has 1 heterocycles. The zero-order valence-electron chi connectivity index (χ0n) is 27.5. The molecule has 0 aliphatic carbocycles. The van der Waals surface area contributed by atoms with Gasteiger partial charge in [0.15, 0.2) is 0 Å². The molecular formula is C39H47FO6. The standard InChI is InChI=1S/C39H47FO6/c1-5-7-8-9-10-12-29-14-16-30(17-15-29)31-18-20-34(35(40)24-31)32-19-21-36(33(23-32)13-11-22-43-37(41)28(3)4)44-25-39(6-2)26-45-38(42)46-27-39/h14-21,23-24H,3,5-13,22,25-27H2,1-2,4H3. The van der Waals surface area contributed by atoms with Crippen LogP contribution in [0.25, 0.3) is 22.3 Å². The van der Waals surface area contributed by atoms with Crippen LogP contribution in [0.3, 0.4) is 0 Å². The fourth-order valence-electron chi connectivity index (χ4n) is 5.49. The van der Waals surface area contributed by atoms with Crippen LogP contribution in [0, 0.1) is 11.2 Å². The number of carbonyl (C=O) groups is 2. The summed E-state index contributed by atoms with van der Waals surface area (Å²) in [6.07, 6.45) is 8.46. The summed E-state index contributed by atoms with van der Waals surface area (Å²) in [5.74, 6) is -0.0954. The molecule has 7 heteroatoms. The van der Waals surface area contributed by atoms with E-state index in [-0.39, 0.29) is 32.2 Å². The molecule has 0 atom stereocenters. The van der Waals surface area contributed by atoms with Gasteiger partial charge in [-0.2, -0.15) is 0 Å². The van der Waals surface area contributed by atoms with Crippen molar-refractivity contribution in [2.45, 2.75) is 78.6 Å². The Morgan fingerprint density at radius 3 is 2.24 bits per heavy atom. The van der Waals surface area contributed by atoms with E-state index in [1.54, 1.807) is 13.0 Å². The summed E-state index contributed by atoms with van der Waals surface area (Å²) < 4.78 is 37.5. The number of cyclic esters (lactones) is 2. The smallest absolute Gasteiger partial charge is 0.492 e. The van der Waals surface area contributed by atoms with Gasteiger partial charge in [-0.25, -0.2) is 14.0 Å². The largest absolute Gasteiger partial charge is 0.508 e. The van der Waals surface area contributed by atoms with Gasteiger partial charge in [-0.3, -0.25) is 0 Å². The maximum absolute atomic E-state index is 15.6. The third-order valence-corrected chi connectivity index (χ3v) is 8.65. The second-order valence-electron chi connectivity index (χ2n) is 12.4. The van der Waals surface area contributed by atoms with Crippen molar-refractivity contribution in [3.05, 3.63) is 89.8 Å². The Balaban J connectivity index is 1.49. The lowest BCUT2D eigenvalue weighted by Crippen LogP contribution is -2.43. The van der Waals surface area contributed by atoms with Crippen LogP contribution in [0.5, 0.6) is 5.75 Å². The average molecular weight is 631 g/mol. The lowest BCUT2D eigenvalue weighted by Gasteiger charge is -2.34. The van der Waals surface area contributed by atoms with Gasteiger partial charge in [-0.15, -0.1) is 0 Å². The van der Waals surface area contributed by atoms with Gasteiger partial charge in [0.05, 0.1) is 12.0 Å². The van der Waals surface area contributed by atoms with Crippen LogP contribution in [0.1, 0.15) is 76.8 Å². The highest BCUT2D eigenvalue weighted by atomic mass is 19.1. The number of benzene rings is 3. The van der Waals surface area contributed by atoms with E-state index < -0.39 is 17.5 Å². The predicted molar refractivity (Wildman–Crippen MR) is 179 cm³/mol. The van der Waals surface area contributed by atoms with E-state index >= 15 is 4.39 Å². The van der Waals surface area contributed by atoms with Crippen molar-refractivity contribution in [2.75, 3.05) is 26.4 Å². The van der Waals surface area contributed by atoms with Crippen LogP contribution in [-0.2, 0) is 31.8 Å². The summed E-state index contributed by atoms with van der Waals surface area (Å²) in [6, 6.07) is 19.4. The minimum Gasteiger partial charge on any atom is -0.492 e. The molecule has 1 saturated heterocycles. The second-order valence-corrected chi connectivity index (χ2v) is 12.4. The molecule has 0 radical (unpaired) electrons. The molecular weight excluding hydrogens is 583 g/mol. The van der Waals surface area contributed by atoms with E-state index in [0.29, 0.717) is 36.1 Å². The molecule has 3 aromatic carbocycles. The molecule has 0 bridgehead atoms. The Labute approximate surface area is 272 Å². The van der Waals surface area contributed by atoms with Gasteiger partial charge in [0.1, 0.15) is 31.4 Å². The molecule has 0 amide bonds. The van der Waals surface area contributed by atoms with Crippen molar-refractivity contribution < 1.29 is 32.9 Å². The molecule has 46 heavy (non-hydrogen) atoms. The van der Waals surface area contributed by atoms with E-state index in [1.165, 1.54) is 37.7 Å². The van der Waals surface area contributed by atoms with Crippen molar-refractivity contribution in [3.63, 3.8) is 0 Å². The fraction of sp³-hybridized carbons (Fsp3) is 0.436. The van der Waals surface area contributed by atoms with Gasteiger partial charge in [0.25, 0.3) is 0 Å². The van der Waals surface area contributed by atoms with Crippen LogP contribution in [0.15, 0.2) is 72.8 Å². The number of aryl methyl sites for hydroxylation is 2. The summed E-state index contributed by atoms with van der Waals surface area (Å²) in [5.41, 5.74) is 5.08. The van der Waals surface area contributed by atoms with E-state index in [1.807, 2.05) is 37.3 Å². The Hall–Kier alpha value is -4.13. The van der Waals surface area contributed by atoms with Gasteiger partial charge >= 0.3 is 12.1 Å². The number of hydrogen-bond acceptors (Lipinski definition) is 6. The number of esters is 1. The van der Waals surface area contributed by atoms with Crippen molar-refractivity contribution >= 4 is 12.1 Å². The van der Waals surface area contributed by atoms with Crippen LogP contribution < -0.4 is 4.74 Å². The first-order valence-electron chi connectivity index (χ1n) is 16.5. The lowest BCUT2D eigenvalue weighted by molar-refractivity contribution is -0.139. The highest BCUT2D eigenvalue weighted by Gasteiger charge is 2.37. The molecule has 0 spiro atoms. The van der Waals surface area contributed by atoms with Gasteiger partial charge in [0, 0.05) is 11.1 Å². The molecule has 4 rings (SSSR count). The molecule has 1 fully saturated rings. The van der Waals surface area contributed by atoms with E-state index in [2.05, 4.69) is 37.8 Å². The number of rotatable bonds is 17. The highest BCUT2D eigenvalue weighted by molar-refractivity contribution is 5.86. The van der Waals surface area contributed by atoms with Crippen molar-refractivity contribution in [1.29, 1.82) is 0 Å². The van der Waals surface area contributed by atoms with Crippen LogP contribution in [0.4, 0.5) is 9.18 Å². The van der Waals surface area contributed by atoms with Gasteiger partial charge in [-0.05, 0) is 85.0 Å². The Morgan fingerprint density at radius 2 is 1.57 bits per heavy atom. The monoisotopic (exact) mass is 630 g/mol. The molecule has 3 aromatic rings. The quantitative estimate of drug-likeness (QED) is 0.0840. The number of carbonyl (C=O) groups excluding carboxylic acids is 2. The minimum atomic E-state index is -0.670. The molecule has 6 nitrogen and oxygen atoms in total. The summed E-state index contributed by atoms with van der Waals surface area (Å²) in [6.45, 7) is 10.4. The topological polar surface area (TPSA) is 71.1 Å². The number of halogens is 1. The highest BCUT2D eigenvalue weighted by Crippen LogP contribution is 2.34. The Kier molecular flexibility index (Phi) is 12.8. The average Bonchev–Trinajstić information content (AvgIpc) is 3.07. The normalized spacial score (nSPS) is 13.9. The van der Waals surface area contributed by atoms with E-state index in [0.717, 1.165) is 28.7 Å². The molecule has 1 aliphatic rings. The van der Waals surface area contributed by atoms with Crippen LogP contribution in [-0.4, -0.2) is 38.6 Å². The Bertz CT molecular complexity index is 1470. The first-order chi connectivity index (χ1) is 22.2. The molecule has 0 aromatic heterocycles. The number of unbranched alkanes of at least 4 members (excludes halogenated alkanes) is 4. The maximum atomic E-state index is 15.6. The molecule has 0 N–H and O–H groups in total. The van der Waals surface area contributed by atoms with Gasteiger partial charge in [-0.1, -0.05) is 88.6 Å². The molecule has 0 unspecified atom stereocenters. The zero-order chi connectivity index (χ0) is 32.9. The third-order valence-electron chi connectivity index (χ3n) is 8.65. The lowest BCUT2D eigenvalue weighted by atomic mass is 9.87.